The second kappa shape index (κ2) is 9.87. The lowest BCUT2D eigenvalue weighted by Gasteiger charge is -2.29. The van der Waals surface area contributed by atoms with E-state index in [0.29, 0.717) is 0 Å². The standard InChI is InChI=1S/C21H23F3N2O6S/c1-2-31-17-12-14(25-20(28)19(27)13-5-3-6-13)9-10-18(17)33(29,30)26-15-7-4-8-16(11-15)32-21(22,23)24/h4,7-13,19,26-27H,2-3,5-6H2,1H3,(H,25,28). The van der Waals surface area contributed by atoms with Gasteiger partial charge in [0.2, 0.25) is 0 Å². The molecule has 1 atom stereocenters. The highest BCUT2D eigenvalue weighted by Gasteiger charge is 2.32. The number of amides is 1. The van der Waals surface area contributed by atoms with Crippen molar-refractivity contribution in [2.75, 3.05) is 16.6 Å². The van der Waals surface area contributed by atoms with Gasteiger partial charge in [0.25, 0.3) is 15.9 Å². The van der Waals surface area contributed by atoms with E-state index in [4.69, 9.17) is 4.74 Å². The maximum Gasteiger partial charge on any atom is 0.573 e. The number of nitrogens with one attached hydrogen (secondary N) is 2. The van der Waals surface area contributed by atoms with E-state index in [0.717, 1.165) is 31.4 Å². The van der Waals surface area contributed by atoms with E-state index >= 15 is 0 Å². The van der Waals surface area contributed by atoms with Gasteiger partial charge in [-0.1, -0.05) is 12.5 Å². The number of halogens is 3. The van der Waals surface area contributed by atoms with Crippen LogP contribution >= 0.6 is 0 Å². The van der Waals surface area contributed by atoms with Crippen molar-refractivity contribution in [2.24, 2.45) is 5.92 Å². The molecule has 1 saturated carbocycles. The number of hydrogen-bond donors (Lipinski definition) is 3. The Morgan fingerprint density at radius 1 is 1.18 bits per heavy atom. The lowest BCUT2D eigenvalue weighted by molar-refractivity contribution is -0.274. The van der Waals surface area contributed by atoms with Crippen LogP contribution in [0.2, 0.25) is 0 Å². The topological polar surface area (TPSA) is 114 Å². The number of benzene rings is 2. The molecule has 0 radical (unpaired) electrons. The molecule has 0 spiro atoms. The summed E-state index contributed by atoms with van der Waals surface area (Å²) in [7, 11) is -4.27. The highest BCUT2D eigenvalue weighted by atomic mass is 32.2. The van der Waals surface area contributed by atoms with Gasteiger partial charge in [-0.05, 0) is 49.9 Å². The molecule has 180 valence electrons. The van der Waals surface area contributed by atoms with Gasteiger partial charge in [0, 0.05) is 17.8 Å². The molecule has 1 aliphatic carbocycles. The Morgan fingerprint density at radius 2 is 1.91 bits per heavy atom. The molecule has 3 N–H and O–H groups in total. The number of rotatable bonds is 9. The molecule has 2 aromatic rings. The van der Waals surface area contributed by atoms with E-state index in [9.17, 15) is 31.5 Å². The zero-order chi connectivity index (χ0) is 24.2. The molecule has 1 unspecified atom stereocenters. The molecule has 0 saturated heterocycles. The number of ether oxygens (including phenoxy) is 2. The summed E-state index contributed by atoms with van der Waals surface area (Å²) in [6, 6.07) is 8.20. The van der Waals surface area contributed by atoms with Crippen molar-refractivity contribution in [1.82, 2.24) is 0 Å². The average Bonchev–Trinajstić information content (AvgIpc) is 2.65. The Kier molecular flexibility index (Phi) is 7.38. The van der Waals surface area contributed by atoms with Crippen molar-refractivity contribution in [1.29, 1.82) is 0 Å². The second-order valence-electron chi connectivity index (χ2n) is 7.40. The zero-order valence-corrected chi connectivity index (χ0v) is 18.4. The van der Waals surface area contributed by atoms with Crippen LogP contribution in [-0.4, -0.2) is 38.5 Å². The highest BCUT2D eigenvalue weighted by molar-refractivity contribution is 7.92. The van der Waals surface area contributed by atoms with Gasteiger partial charge in [-0.25, -0.2) is 8.42 Å². The molecule has 2 aromatic carbocycles. The number of anilines is 2. The molecule has 1 fully saturated rings. The molecule has 0 aliphatic heterocycles. The van der Waals surface area contributed by atoms with Crippen LogP contribution in [0.25, 0.3) is 0 Å². The van der Waals surface area contributed by atoms with Gasteiger partial charge >= 0.3 is 6.36 Å². The quantitative estimate of drug-likeness (QED) is 0.494. The van der Waals surface area contributed by atoms with E-state index in [1.165, 1.54) is 30.3 Å². The van der Waals surface area contributed by atoms with Crippen LogP contribution in [0.3, 0.4) is 0 Å². The summed E-state index contributed by atoms with van der Waals surface area (Å²) < 4.78 is 74.5. The Balaban J connectivity index is 1.80. The number of sulfonamides is 1. The Hall–Kier alpha value is -2.99. The minimum absolute atomic E-state index is 0.0800. The number of hydrogen-bond acceptors (Lipinski definition) is 6. The summed E-state index contributed by atoms with van der Waals surface area (Å²) in [5.74, 6) is -1.37. The van der Waals surface area contributed by atoms with E-state index in [1.54, 1.807) is 6.92 Å². The number of carbonyl (C=O) groups is 1. The first kappa shape index (κ1) is 24.6. The van der Waals surface area contributed by atoms with Crippen LogP contribution < -0.4 is 19.5 Å². The van der Waals surface area contributed by atoms with Crippen LogP contribution in [-0.2, 0) is 14.8 Å². The van der Waals surface area contributed by atoms with Gasteiger partial charge < -0.3 is 19.9 Å². The van der Waals surface area contributed by atoms with Gasteiger partial charge in [-0.3, -0.25) is 9.52 Å². The maximum atomic E-state index is 12.9. The third-order valence-electron chi connectivity index (χ3n) is 4.99. The smallest absolute Gasteiger partial charge is 0.492 e. The molecule has 33 heavy (non-hydrogen) atoms. The lowest BCUT2D eigenvalue weighted by atomic mass is 9.81. The monoisotopic (exact) mass is 488 g/mol. The number of carbonyl (C=O) groups excluding carboxylic acids is 1. The summed E-state index contributed by atoms with van der Waals surface area (Å²) in [5, 5.41) is 12.6. The third kappa shape index (κ3) is 6.51. The van der Waals surface area contributed by atoms with E-state index in [-0.39, 0.29) is 34.5 Å². The summed E-state index contributed by atoms with van der Waals surface area (Å²) >= 11 is 0. The van der Waals surface area contributed by atoms with Gasteiger partial charge in [0.05, 0.1) is 12.3 Å². The van der Waals surface area contributed by atoms with Crippen LogP contribution in [0, 0.1) is 5.92 Å². The molecular formula is C21H23F3N2O6S. The molecular weight excluding hydrogens is 465 g/mol. The van der Waals surface area contributed by atoms with Crippen molar-refractivity contribution < 1.29 is 41.0 Å². The minimum atomic E-state index is -4.92. The zero-order valence-electron chi connectivity index (χ0n) is 17.6. The third-order valence-corrected chi connectivity index (χ3v) is 6.41. The molecule has 8 nitrogen and oxygen atoms in total. The Morgan fingerprint density at radius 3 is 2.52 bits per heavy atom. The largest absolute Gasteiger partial charge is 0.573 e. The van der Waals surface area contributed by atoms with E-state index < -0.39 is 34.1 Å². The van der Waals surface area contributed by atoms with Crippen molar-refractivity contribution >= 4 is 27.3 Å². The Labute approximate surface area is 188 Å². The summed E-state index contributed by atoms with van der Waals surface area (Å²) in [4.78, 5) is 12.0. The Bertz CT molecular complexity index is 1100. The van der Waals surface area contributed by atoms with Gasteiger partial charge in [0.1, 0.15) is 22.5 Å². The number of aliphatic hydroxyl groups excluding tert-OH is 1. The molecule has 0 bridgehead atoms. The molecule has 0 aromatic heterocycles. The second-order valence-corrected chi connectivity index (χ2v) is 9.05. The SMILES string of the molecule is CCOc1cc(NC(=O)C(O)C2CCC2)ccc1S(=O)(=O)Nc1cccc(OC(F)(F)F)c1. The maximum absolute atomic E-state index is 12.9. The van der Waals surface area contributed by atoms with E-state index in [2.05, 4.69) is 14.8 Å². The average molecular weight is 488 g/mol. The first-order chi connectivity index (χ1) is 15.5. The fourth-order valence-electron chi connectivity index (χ4n) is 3.23. The van der Waals surface area contributed by atoms with Crippen LogP contribution in [0.5, 0.6) is 11.5 Å². The van der Waals surface area contributed by atoms with Gasteiger partial charge in [-0.15, -0.1) is 13.2 Å². The van der Waals surface area contributed by atoms with Gasteiger partial charge in [0.15, 0.2) is 0 Å². The minimum Gasteiger partial charge on any atom is -0.492 e. The highest BCUT2D eigenvalue weighted by Crippen LogP contribution is 2.33. The molecule has 12 heteroatoms. The van der Waals surface area contributed by atoms with Crippen molar-refractivity contribution in [3.8, 4) is 11.5 Å². The molecule has 1 aliphatic rings. The van der Waals surface area contributed by atoms with Crippen molar-refractivity contribution in [3.63, 3.8) is 0 Å². The van der Waals surface area contributed by atoms with Gasteiger partial charge in [-0.2, -0.15) is 0 Å². The van der Waals surface area contributed by atoms with Crippen LogP contribution in [0.4, 0.5) is 24.5 Å². The first-order valence-electron chi connectivity index (χ1n) is 10.1. The number of alkyl halides is 3. The van der Waals surface area contributed by atoms with Crippen molar-refractivity contribution in [3.05, 3.63) is 42.5 Å². The summed E-state index contributed by atoms with van der Waals surface area (Å²) in [5.41, 5.74) is 0.0709. The van der Waals surface area contributed by atoms with Crippen LogP contribution in [0.1, 0.15) is 26.2 Å². The van der Waals surface area contributed by atoms with E-state index in [1.807, 2.05) is 0 Å². The summed E-state index contributed by atoms with van der Waals surface area (Å²) in [6.07, 6.45) is -3.61. The molecule has 1 amide bonds. The summed E-state index contributed by atoms with van der Waals surface area (Å²) in [6.45, 7) is 1.74. The molecule has 3 rings (SSSR count). The normalized spacial score (nSPS) is 15.3. The fraction of sp³-hybridized carbons (Fsp3) is 0.381. The molecule has 0 heterocycles. The first-order valence-corrected chi connectivity index (χ1v) is 11.6. The predicted molar refractivity (Wildman–Crippen MR) is 114 cm³/mol. The lowest BCUT2D eigenvalue weighted by Crippen LogP contribution is -2.37. The predicted octanol–water partition coefficient (Wildman–Crippen LogP) is 3.88. The fourth-order valence-corrected chi connectivity index (χ4v) is 4.41. The van der Waals surface area contributed by atoms with Crippen molar-refractivity contribution in [2.45, 2.75) is 43.5 Å². The van der Waals surface area contributed by atoms with Crippen LogP contribution in [0.15, 0.2) is 47.4 Å². The number of aliphatic hydroxyl groups is 1.